The predicted molar refractivity (Wildman–Crippen MR) is 76.3 cm³/mol. The lowest BCUT2D eigenvalue weighted by Gasteiger charge is -2.10. The molecule has 3 N–H and O–H groups in total. The molecule has 3 rings (SSSR count). The molecule has 101 valence electrons. The van der Waals surface area contributed by atoms with Gasteiger partial charge in [-0.15, -0.1) is 0 Å². The summed E-state index contributed by atoms with van der Waals surface area (Å²) in [5.41, 5.74) is 1.43. The molecule has 7 heteroatoms. The molecule has 7 nitrogen and oxygen atoms in total. The molecule has 1 aromatic carbocycles. The van der Waals surface area contributed by atoms with Crippen LogP contribution < -0.4 is 15.4 Å². The van der Waals surface area contributed by atoms with Gasteiger partial charge < -0.3 is 15.4 Å². The number of aromatic nitrogens is 4. The van der Waals surface area contributed by atoms with Gasteiger partial charge in [0.15, 0.2) is 5.65 Å². The Kier molecular flexibility index (Phi) is 3.08. The largest absolute Gasteiger partial charge is 0.495 e. The Morgan fingerprint density at radius 2 is 2.25 bits per heavy atom. The van der Waals surface area contributed by atoms with E-state index < -0.39 is 0 Å². The molecule has 0 amide bonds. The molecule has 0 fully saturated rings. The van der Waals surface area contributed by atoms with E-state index in [1.54, 1.807) is 32.5 Å². The van der Waals surface area contributed by atoms with Gasteiger partial charge in [-0.25, -0.2) is 0 Å². The number of aromatic amines is 1. The molecular formula is C13H13N6O. The van der Waals surface area contributed by atoms with Gasteiger partial charge in [0, 0.05) is 7.05 Å². The van der Waals surface area contributed by atoms with E-state index in [0.29, 0.717) is 23.2 Å². The fraction of sp³-hybridized carbons (Fsp3) is 0.154. The van der Waals surface area contributed by atoms with Crippen LogP contribution in [0.3, 0.4) is 0 Å². The van der Waals surface area contributed by atoms with E-state index in [9.17, 15) is 0 Å². The number of H-pyrrole nitrogens is 1. The third kappa shape index (κ3) is 2.09. The van der Waals surface area contributed by atoms with Gasteiger partial charge in [0.2, 0.25) is 5.95 Å². The first-order chi connectivity index (χ1) is 9.81. The second kappa shape index (κ2) is 5.04. The van der Waals surface area contributed by atoms with Crippen molar-refractivity contribution in [2.45, 2.75) is 0 Å². The number of nitrogens with one attached hydrogen (secondary N) is 3. The molecular weight excluding hydrogens is 256 g/mol. The van der Waals surface area contributed by atoms with Crippen LogP contribution in [0.25, 0.3) is 11.0 Å². The predicted octanol–water partition coefficient (Wildman–Crippen LogP) is 1.95. The van der Waals surface area contributed by atoms with Gasteiger partial charge in [-0.2, -0.15) is 15.1 Å². The quantitative estimate of drug-likeness (QED) is 0.671. The van der Waals surface area contributed by atoms with Crippen LogP contribution in [0.5, 0.6) is 5.75 Å². The normalized spacial score (nSPS) is 10.5. The molecule has 0 aliphatic heterocycles. The van der Waals surface area contributed by atoms with Crippen LogP contribution in [0.4, 0.5) is 17.5 Å². The first kappa shape index (κ1) is 12.2. The van der Waals surface area contributed by atoms with Crippen molar-refractivity contribution in [3.8, 4) is 5.75 Å². The highest BCUT2D eigenvalue weighted by Gasteiger charge is 2.10. The Morgan fingerprint density at radius 3 is 3.05 bits per heavy atom. The summed E-state index contributed by atoms with van der Waals surface area (Å²) >= 11 is 0. The second-order valence-electron chi connectivity index (χ2n) is 4.03. The molecule has 3 aromatic rings. The van der Waals surface area contributed by atoms with E-state index in [4.69, 9.17) is 4.74 Å². The van der Waals surface area contributed by atoms with Crippen molar-refractivity contribution in [3.63, 3.8) is 0 Å². The van der Waals surface area contributed by atoms with Gasteiger partial charge >= 0.3 is 0 Å². The minimum atomic E-state index is 0.454. The summed E-state index contributed by atoms with van der Waals surface area (Å²) in [4.78, 5) is 8.77. The first-order valence-electron chi connectivity index (χ1n) is 6.02. The first-order valence-corrected chi connectivity index (χ1v) is 6.02. The summed E-state index contributed by atoms with van der Waals surface area (Å²) in [6, 6.07) is 8.33. The monoisotopic (exact) mass is 269 g/mol. The number of hydrogen-bond donors (Lipinski definition) is 3. The maximum atomic E-state index is 5.26. The highest BCUT2D eigenvalue weighted by molar-refractivity contribution is 5.87. The summed E-state index contributed by atoms with van der Waals surface area (Å²) < 4.78 is 5.26. The van der Waals surface area contributed by atoms with E-state index in [1.165, 1.54) is 0 Å². The Balaban J connectivity index is 2.02. The van der Waals surface area contributed by atoms with Gasteiger partial charge in [0.1, 0.15) is 11.6 Å². The topological polar surface area (TPSA) is 87.8 Å². The second-order valence-corrected chi connectivity index (χ2v) is 4.03. The zero-order chi connectivity index (χ0) is 13.9. The van der Waals surface area contributed by atoms with Crippen LogP contribution in [0.1, 0.15) is 0 Å². The molecule has 0 aliphatic carbocycles. The van der Waals surface area contributed by atoms with Crippen molar-refractivity contribution >= 4 is 28.5 Å². The van der Waals surface area contributed by atoms with Gasteiger partial charge in [-0.3, -0.25) is 5.10 Å². The molecule has 2 heterocycles. The number of ether oxygens (including phenoxy) is 1. The maximum absolute atomic E-state index is 5.26. The zero-order valence-corrected chi connectivity index (χ0v) is 11.1. The molecule has 1 radical (unpaired) electrons. The van der Waals surface area contributed by atoms with E-state index >= 15 is 0 Å². The lowest BCUT2D eigenvalue weighted by molar-refractivity contribution is 0.416. The van der Waals surface area contributed by atoms with E-state index in [2.05, 4.69) is 36.9 Å². The summed E-state index contributed by atoms with van der Waals surface area (Å²) in [5.74, 6) is 1.83. The van der Waals surface area contributed by atoms with Crippen molar-refractivity contribution in [2.75, 3.05) is 24.8 Å². The molecule has 2 aromatic heterocycles. The fourth-order valence-corrected chi connectivity index (χ4v) is 1.89. The van der Waals surface area contributed by atoms with Gasteiger partial charge in [0.05, 0.1) is 24.4 Å². The van der Waals surface area contributed by atoms with Gasteiger partial charge in [-0.05, 0) is 18.2 Å². The number of hydrogen-bond acceptors (Lipinski definition) is 6. The van der Waals surface area contributed by atoms with Crippen LogP contribution in [-0.4, -0.2) is 34.3 Å². The van der Waals surface area contributed by atoms with Gasteiger partial charge in [0.25, 0.3) is 0 Å². The Labute approximate surface area is 115 Å². The number of anilines is 3. The molecule has 0 saturated carbocycles. The van der Waals surface area contributed by atoms with Crippen molar-refractivity contribution in [3.05, 3.63) is 30.5 Å². The Morgan fingerprint density at radius 1 is 1.35 bits per heavy atom. The number of fused-ring (bicyclic) bond motifs is 1. The van der Waals surface area contributed by atoms with Gasteiger partial charge in [-0.1, -0.05) is 6.07 Å². The molecule has 20 heavy (non-hydrogen) atoms. The number of methoxy groups -OCH3 is 1. The SMILES string of the molecule is CNc1nc(Nc2cc[c]cc2OC)nc2[nH]ncc12. The van der Waals surface area contributed by atoms with Crippen molar-refractivity contribution in [2.24, 2.45) is 0 Å². The average molecular weight is 269 g/mol. The highest BCUT2D eigenvalue weighted by atomic mass is 16.5. The molecule has 0 aliphatic rings. The molecule has 0 spiro atoms. The zero-order valence-electron chi connectivity index (χ0n) is 11.1. The standard InChI is InChI=1S/C13H13N6O/c1-14-11-8-7-15-19-12(8)18-13(17-11)16-9-5-3-4-6-10(9)20-2/h3,5-7H,1-2H3,(H3,14,15,16,17,18,19). The van der Waals surface area contributed by atoms with Crippen LogP contribution in [0.15, 0.2) is 24.4 Å². The third-order valence-corrected chi connectivity index (χ3v) is 2.84. The minimum Gasteiger partial charge on any atom is -0.495 e. The number of rotatable bonds is 4. The number of benzene rings is 1. The van der Waals surface area contributed by atoms with Crippen molar-refractivity contribution in [1.82, 2.24) is 20.2 Å². The average Bonchev–Trinajstić information content (AvgIpc) is 2.95. The Bertz CT molecular complexity index is 739. The number of nitrogens with zero attached hydrogens (tertiary/aromatic N) is 3. The van der Waals surface area contributed by atoms with Crippen LogP contribution in [0.2, 0.25) is 0 Å². The molecule has 0 unspecified atom stereocenters. The Hall–Kier alpha value is -2.83. The van der Waals surface area contributed by atoms with E-state index in [-0.39, 0.29) is 0 Å². The highest BCUT2D eigenvalue weighted by Crippen LogP contribution is 2.27. The van der Waals surface area contributed by atoms with Crippen LogP contribution in [-0.2, 0) is 0 Å². The van der Waals surface area contributed by atoms with Crippen molar-refractivity contribution < 1.29 is 4.74 Å². The van der Waals surface area contributed by atoms with E-state index in [1.807, 2.05) is 6.07 Å². The molecule has 0 saturated heterocycles. The lowest BCUT2D eigenvalue weighted by Crippen LogP contribution is -2.02. The van der Waals surface area contributed by atoms with Crippen molar-refractivity contribution in [1.29, 1.82) is 0 Å². The van der Waals surface area contributed by atoms with E-state index in [0.717, 1.165) is 11.1 Å². The summed E-state index contributed by atoms with van der Waals surface area (Å²) in [6.45, 7) is 0. The fourth-order valence-electron chi connectivity index (χ4n) is 1.89. The molecule has 0 bridgehead atoms. The summed E-state index contributed by atoms with van der Waals surface area (Å²) in [7, 11) is 3.41. The summed E-state index contributed by atoms with van der Waals surface area (Å²) in [5, 5.41) is 13.8. The smallest absolute Gasteiger partial charge is 0.231 e. The molecule has 0 atom stereocenters. The lowest BCUT2D eigenvalue weighted by atomic mass is 10.3. The maximum Gasteiger partial charge on any atom is 0.231 e. The third-order valence-electron chi connectivity index (χ3n) is 2.84. The van der Waals surface area contributed by atoms with Crippen LogP contribution >= 0.6 is 0 Å². The van der Waals surface area contributed by atoms with Crippen LogP contribution in [0, 0.1) is 6.07 Å². The summed E-state index contributed by atoms with van der Waals surface area (Å²) in [6.07, 6.45) is 1.68. The minimum absolute atomic E-state index is 0.454.